The highest BCUT2D eigenvalue weighted by molar-refractivity contribution is 6.36. The third-order valence-electron chi connectivity index (χ3n) is 3.31. The van der Waals surface area contributed by atoms with Gasteiger partial charge in [-0.05, 0) is 42.8 Å². The van der Waals surface area contributed by atoms with Gasteiger partial charge in [-0.15, -0.1) is 0 Å². The first-order chi connectivity index (χ1) is 11.4. The SMILES string of the molecule is C[C@H](NC(=O)CNC(=O)c1ccc(Cl)cc1Cl)c1cccc(F)c1. The maximum Gasteiger partial charge on any atom is 0.253 e. The molecule has 0 radical (unpaired) electrons. The van der Waals surface area contributed by atoms with Gasteiger partial charge in [-0.2, -0.15) is 0 Å². The first-order valence-corrected chi connectivity index (χ1v) is 7.90. The van der Waals surface area contributed by atoms with Gasteiger partial charge in [0.25, 0.3) is 5.91 Å². The minimum absolute atomic E-state index is 0.202. The molecule has 0 saturated carbocycles. The monoisotopic (exact) mass is 368 g/mol. The second-order valence-electron chi connectivity index (χ2n) is 5.15. The number of nitrogens with one attached hydrogen (secondary N) is 2. The zero-order valence-electron chi connectivity index (χ0n) is 12.8. The second kappa shape index (κ2) is 8.13. The highest BCUT2D eigenvalue weighted by atomic mass is 35.5. The normalized spacial score (nSPS) is 11.7. The second-order valence-corrected chi connectivity index (χ2v) is 5.99. The van der Waals surface area contributed by atoms with E-state index in [9.17, 15) is 14.0 Å². The number of halogens is 3. The summed E-state index contributed by atoms with van der Waals surface area (Å²) in [6, 6.07) is 10.0. The van der Waals surface area contributed by atoms with Crippen LogP contribution in [0, 0.1) is 5.82 Å². The lowest BCUT2D eigenvalue weighted by atomic mass is 10.1. The van der Waals surface area contributed by atoms with Crippen LogP contribution in [0.4, 0.5) is 4.39 Å². The molecule has 0 spiro atoms. The summed E-state index contributed by atoms with van der Waals surface area (Å²) in [4.78, 5) is 23.9. The molecule has 0 heterocycles. The first kappa shape index (κ1) is 18.2. The van der Waals surface area contributed by atoms with Crippen LogP contribution in [0.15, 0.2) is 42.5 Å². The molecular weight excluding hydrogens is 354 g/mol. The van der Waals surface area contributed by atoms with E-state index < -0.39 is 11.8 Å². The summed E-state index contributed by atoms with van der Waals surface area (Å²) in [6.45, 7) is 1.50. The lowest BCUT2D eigenvalue weighted by molar-refractivity contribution is -0.120. The zero-order valence-corrected chi connectivity index (χ0v) is 14.3. The van der Waals surface area contributed by atoms with E-state index in [0.29, 0.717) is 10.6 Å². The first-order valence-electron chi connectivity index (χ1n) is 7.15. The fraction of sp³-hybridized carbons (Fsp3) is 0.176. The van der Waals surface area contributed by atoms with Crippen molar-refractivity contribution in [1.29, 1.82) is 0 Å². The van der Waals surface area contributed by atoms with Crippen molar-refractivity contribution in [2.24, 2.45) is 0 Å². The summed E-state index contributed by atoms with van der Waals surface area (Å²) in [5.74, 6) is -1.25. The summed E-state index contributed by atoms with van der Waals surface area (Å²) >= 11 is 11.7. The van der Waals surface area contributed by atoms with Crippen molar-refractivity contribution < 1.29 is 14.0 Å². The van der Waals surface area contributed by atoms with Crippen LogP contribution in [0.1, 0.15) is 28.9 Å². The molecule has 7 heteroatoms. The van der Waals surface area contributed by atoms with Crippen molar-refractivity contribution in [3.8, 4) is 0 Å². The average molecular weight is 369 g/mol. The van der Waals surface area contributed by atoms with Crippen molar-refractivity contribution in [3.05, 3.63) is 69.5 Å². The van der Waals surface area contributed by atoms with Gasteiger partial charge in [-0.1, -0.05) is 35.3 Å². The molecule has 24 heavy (non-hydrogen) atoms. The van der Waals surface area contributed by atoms with E-state index in [1.165, 1.54) is 30.3 Å². The molecule has 0 aliphatic rings. The molecular formula is C17H15Cl2FN2O2. The number of carbonyl (C=O) groups is 2. The Kier molecular flexibility index (Phi) is 6.17. The van der Waals surface area contributed by atoms with Crippen molar-refractivity contribution >= 4 is 35.0 Å². The van der Waals surface area contributed by atoms with Gasteiger partial charge in [0.15, 0.2) is 0 Å². The number of carbonyl (C=O) groups excluding carboxylic acids is 2. The minimum Gasteiger partial charge on any atom is -0.348 e. The van der Waals surface area contributed by atoms with E-state index in [2.05, 4.69) is 10.6 Å². The molecule has 0 aromatic heterocycles. The van der Waals surface area contributed by atoms with Crippen LogP contribution < -0.4 is 10.6 Å². The van der Waals surface area contributed by atoms with E-state index in [0.717, 1.165) is 0 Å². The van der Waals surface area contributed by atoms with Crippen LogP contribution in [0.3, 0.4) is 0 Å². The standard InChI is InChI=1S/C17H15Cl2FN2O2/c1-10(11-3-2-4-13(20)7-11)22-16(23)9-21-17(24)14-6-5-12(18)8-15(14)19/h2-8,10H,9H2,1H3,(H,21,24)(H,22,23)/t10-/m0/s1. The Labute approximate surface area is 149 Å². The Bertz CT molecular complexity index is 768. The Hall–Kier alpha value is -2.11. The molecule has 2 amide bonds. The van der Waals surface area contributed by atoms with E-state index in [1.807, 2.05) is 0 Å². The van der Waals surface area contributed by atoms with Gasteiger partial charge in [0.05, 0.1) is 23.2 Å². The van der Waals surface area contributed by atoms with Gasteiger partial charge in [-0.25, -0.2) is 4.39 Å². The van der Waals surface area contributed by atoms with Crippen molar-refractivity contribution in [1.82, 2.24) is 10.6 Å². The number of hydrogen-bond acceptors (Lipinski definition) is 2. The molecule has 4 nitrogen and oxygen atoms in total. The van der Waals surface area contributed by atoms with Crippen LogP contribution in [-0.4, -0.2) is 18.4 Å². The third-order valence-corrected chi connectivity index (χ3v) is 3.86. The number of rotatable bonds is 5. The summed E-state index contributed by atoms with van der Waals surface area (Å²) in [5.41, 5.74) is 0.863. The van der Waals surface area contributed by atoms with Gasteiger partial charge in [-0.3, -0.25) is 9.59 Å². The molecule has 2 aromatic carbocycles. The molecule has 2 N–H and O–H groups in total. The fourth-order valence-corrected chi connectivity index (χ4v) is 2.58. The Morgan fingerprint density at radius 2 is 1.92 bits per heavy atom. The van der Waals surface area contributed by atoms with Gasteiger partial charge in [0.2, 0.25) is 5.91 Å². The quantitative estimate of drug-likeness (QED) is 0.844. The lowest BCUT2D eigenvalue weighted by Crippen LogP contribution is -2.38. The van der Waals surface area contributed by atoms with Crippen LogP contribution in [0.25, 0.3) is 0 Å². The Balaban J connectivity index is 1.89. The predicted molar refractivity (Wildman–Crippen MR) is 91.8 cm³/mol. The molecule has 126 valence electrons. The van der Waals surface area contributed by atoms with E-state index in [-0.39, 0.29) is 29.0 Å². The third kappa shape index (κ3) is 4.94. The maximum atomic E-state index is 13.2. The lowest BCUT2D eigenvalue weighted by Gasteiger charge is -2.15. The molecule has 0 saturated heterocycles. The Morgan fingerprint density at radius 1 is 1.17 bits per heavy atom. The summed E-state index contributed by atoms with van der Waals surface area (Å²) in [7, 11) is 0. The van der Waals surface area contributed by atoms with Gasteiger partial charge in [0.1, 0.15) is 5.82 Å². The van der Waals surface area contributed by atoms with Crippen LogP contribution in [0.2, 0.25) is 10.0 Å². The van der Waals surface area contributed by atoms with Gasteiger partial charge in [0, 0.05) is 5.02 Å². The maximum absolute atomic E-state index is 13.2. The molecule has 0 aliphatic heterocycles. The fourth-order valence-electron chi connectivity index (χ4n) is 2.08. The van der Waals surface area contributed by atoms with Crippen LogP contribution >= 0.6 is 23.2 Å². The number of benzene rings is 2. The largest absolute Gasteiger partial charge is 0.348 e. The molecule has 2 aromatic rings. The molecule has 0 bridgehead atoms. The summed E-state index contributed by atoms with van der Waals surface area (Å²) in [5, 5.41) is 5.77. The number of amides is 2. The van der Waals surface area contributed by atoms with Gasteiger partial charge < -0.3 is 10.6 Å². The van der Waals surface area contributed by atoms with E-state index >= 15 is 0 Å². The highest BCUT2D eigenvalue weighted by Gasteiger charge is 2.14. The molecule has 0 aliphatic carbocycles. The van der Waals surface area contributed by atoms with E-state index in [1.54, 1.807) is 19.1 Å². The van der Waals surface area contributed by atoms with Crippen molar-refractivity contribution in [3.63, 3.8) is 0 Å². The number of hydrogen-bond donors (Lipinski definition) is 2. The van der Waals surface area contributed by atoms with Crippen LogP contribution in [-0.2, 0) is 4.79 Å². The van der Waals surface area contributed by atoms with Gasteiger partial charge >= 0.3 is 0 Å². The topological polar surface area (TPSA) is 58.2 Å². The molecule has 2 rings (SSSR count). The molecule has 1 atom stereocenters. The molecule has 0 fully saturated rings. The minimum atomic E-state index is -0.481. The zero-order chi connectivity index (χ0) is 17.7. The highest BCUT2D eigenvalue weighted by Crippen LogP contribution is 2.20. The van der Waals surface area contributed by atoms with Crippen molar-refractivity contribution in [2.45, 2.75) is 13.0 Å². The summed E-state index contributed by atoms with van der Waals surface area (Å²) in [6.07, 6.45) is 0. The Morgan fingerprint density at radius 3 is 2.58 bits per heavy atom. The summed E-state index contributed by atoms with van der Waals surface area (Å²) < 4.78 is 13.2. The van der Waals surface area contributed by atoms with E-state index in [4.69, 9.17) is 23.2 Å². The molecule has 0 unspecified atom stereocenters. The smallest absolute Gasteiger partial charge is 0.253 e. The predicted octanol–water partition coefficient (Wildman–Crippen LogP) is 3.74. The average Bonchev–Trinajstić information content (AvgIpc) is 2.52. The van der Waals surface area contributed by atoms with Crippen LogP contribution in [0.5, 0.6) is 0 Å². The van der Waals surface area contributed by atoms with Crippen molar-refractivity contribution in [2.75, 3.05) is 6.54 Å².